The molecular weight excluding hydrogens is 234 g/mol. The predicted molar refractivity (Wildman–Crippen MR) is 64.5 cm³/mol. The monoisotopic (exact) mass is 249 g/mol. The van der Waals surface area contributed by atoms with Gasteiger partial charge in [0.1, 0.15) is 5.75 Å². The molecule has 1 aliphatic carbocycles. The number of hydrogen-bond donors (Lipinski definition) is 3. The fraction of sp³-hybridized carbons (Fsp3) is 0.385. The number of carboxylic acids is 1. The van der Waals surface area contributed by atoms with Crippen LogP contribution in [0, 0.1) is 12.3 Å². The van der Waals surface area contributed by atoms with E-state index >= 15 is 0 Å². The Morgan fingerprint density at radius 2 is 2.06 bits per heavy atom. The number of rotatable bonds is 4. The molecule has 1 aromatic rings. The summed E-state index contributed by atoms with van der Waals surface area (Å²) in [6.07, 6.45) is 1.17. The van der Waals surface area contributed by atoms with E-state index in [1.165, 1.54) is 6.07 Å². The van der Waals surface area contributed by atoms with Gasteiger partial charge in [-0.3, -0.25) is 9.59 Å². The van der Waals surface area contributed by atoms with Gasteiger partial charge in [-0.1, -0.05) is 11.6 Å². The van der Waals surface area contributed by atoms with E-state index in [2.05, 4.69) is 5.32 Å². The van der Waals surface area contributed by atoms with Crippen molar-refractivity contribution >= 4 is 11.9 Å². The topological polar surface area (TPSA) is 86.6 Å². The van der Waals surface area contributed by atoms with E-state index in [9.17, 15) is 14.7 Å². The summed E-state index contributed by atoms with van der Waals surface area (Å²) in [5.41, 5.74) is 0.239. The van der Waals surface area contributed by atoms with Crippen LogP contribution in [-0.4, -0.2) is 28.6 Å². The average Bonchev–Trinajstić information content (AvgIpc) is 3.10. The van der Waals surface area contributed by atoms with Crippen molar-refractivity contribution in [1.82, 2.24) is 5.32 Å². The minimum Gasteiger partial charge on any atom is -0.507 e. The molecule has 5 nitrogen and oxygen atoms in total. The predicted octanol–water partition coefficient (Wildman–Crippen LogP) is 1.30. The molecule has 0 unspecified atom stereocenters. The Kier molecular flexibility index (Phi) is 2.98. The highest BCUT2D eigenvalue weighted by molar-refractivity contribution is 5.97. The molecule has 0 bridgehead atoms. The van der Waals surface area contributed by atoms with Gasteiger partial charge in [-0.2, -0.15) is 0 Å². The van der Waals surface area contributed by atoms with Gasteiger partial charge in [0.15, 0.2) is 0 Å². The Labute approximate surface area is 104 Å². The molecule has 0 spiro atoms. The van der Waals surface area contributed by atoms with Crippen molar-refractivity contribution in [2.24, 2.45) is 5.41 Å². The molecule has 3 N–H and O–H groups in total. The van der Waals surface area contributed by atoms with Crippen LogP contribution >= 0.6 is 0 Å². The molecule has 0 aliphatic heterocycles. The SMILES string of the molecule is Cc1ccc(O)c(C(=O)NCC2(C(=O)O)CC2)c1. The van der Waals surface area contributed by atoms with Crippen LogP contribution in [0.5, 0.6) is 5.75 Å². The van der Waals surface area contributed by atoms with Crippen molar-refractivity contribution < 1.29 is 19.8 Å². The van der Waals surface area contributed by atoms with E-state index in [-0.39, 0.29) is 17.9 Å². The van der Waals surface area contributed by atoms with Gasteiger partial charge in [-0.25, -0.2) is 0 Å². The molecule has 96 valence electrons. The molecule has 1 aliphatic rings. The number of aryl methyl sites for hydroxylation is 1. The fourth-order valence-corrected chi connectivity index (χ4v) is 1.79. The fourth-order valence-electron chi connectivity index (χ4n) is 1.79. The summed E-state index contributed by atoms with van der Waals surface area (Å²) in [5.74, 6) is -1.42. The highest BCUT2D eigenvalue weighted by Crippen LogP contribution is 2.45. The summed E-state index contributed by atoms with van der Waals surface area (Å²) in [5, 5.41) is 21.1. The average molecular weight is 249 g/mol. The van der Waals surface area contributed by atoms with Gasteiger partial charge in [0.25, 0.3) is 5.91 Å². The normalized spacial score (nSPS) is 16.1. The maximum atomic E-state index is 11.9. The number of carbonyl (C=O) groups is 2. The van der Waals surface area contributed by atoms with Gasteiger partial charge >= 0.3 is 5.97 Å². The summed E-state index contributed by atoms with van der Waals surface area (Å²) in [7, 11) is 0. The van der Waals surface area contributed by atoms with Gasteiger partial charge in [-0.05, 0) is 31.9 Å². The molecule has 1 aromatic carbocycles. The molecule has 0 saturated heterocycles. The number of aromatic hydroxyl groups is 1. The lowest BCUT2D eigenvalue weighted by atomic mass is 10.1. The number of phenolic OH excluding ortho intramolecular Hbond substituents is 1. The molecule has 0 radical (unpaired) electrons. The number of carbonyl (C=O) groups excluding carboxylic acids is 1. The first-order chi connectivity index (χ1) is 8.44. The zero-order valence-electron chi connectivity index (χ0n) is 10.1. The van der Waals surface area contributed by atoms with Crippen LogP contribution in [0.2, 0.25) is 0 Å². The van der Waals surface area contributed by atoms with E-state index < -0.39 is 17.3 Å². The second-order valence-electron chi connectivity index (χ2n) is 4.79. The summed E-state index contributed by atoms with van der Waals surface area (Å²) >= 11 is 0. The standard InChI is InChI=1S/C13H15NO4/c1-8-2-3-10(15)9(6-8)11(16)14-7-13(4-5-13)12(17)18/h2-3,6,15H,4-5,7H2,1H3,(H,14,16)(H,17,18). The molecule has 2 rings (SSSR count). The lowest BCUT2D eigenvalue weighted by Gasteiger charge is -2.12. The Hall–Kier alpha value is -2.04. The maximum Gasteiger partial charge on any atom is 0.311 e. The van der Waals surface area contributed by atoms with E-state index in [0.717, 1.165) is 5.56 Å². The summed E-state index contributed by atoms with van der Waals surface area (Å²) in [4.78, 5) is 22.8. The number of phenols is 1. The van der Waals surface area contributed by atoms with Gasteiger partial charge in [-0.15, -0.1) is 0 Å². The van der Waals surface area contributed by atoms with Gasteiger partial charge in [0.2, 0.25) is 0 Å². The number of nitrogens with one attached hydrogen (secondary N) is 1. The summed E-state index contributed by atoms with van der Waals surface area (Å²) in [6, 6.07) is 4.73. The van der Waals surface area contributed by atoms with Crippen molar-refractivity contribution in [3.63, 3.8) is 0 Å². The lowest BCUT2D eigenvalue weighted by Crippen LogP contribution is -2.34. The Bertz CT molecular complexity index is 506. The smallest absolute Gasteiger partial charge is 0.311 e. The van der Waals surface area contributed by atoms with Crippen LogP contribution < -0.4 is 5.32 Å². The first-order valence-electron chi connectivity index (χ1n) is 5.76. The maximum absolute atomic E-state index is 11.9. The number of hydrogen-bond acceptors (Lipinski definition) is 3. The first kappa shape index (κ1) is 12.4. The van der Waals surface area contributed by atoms with Crippen LogP contribution in [0.4, 0.5) is 0 Å². The zero-order valence-corrected chi connectivity index (χ0v) is 10.1. The van der Waals surface area contributed by atoms with Gasteiger partial charge in [0, 0.05) is 6.54 Å². The van der Waals surface area contributed by atoms with Crippen LogP contribution in [-0.2, 0) is 4.79 Å². The third-order valence-corrected chi connectivity index (χ3v) is 3.29. The van der Waals surface area contributed by atoms with Crippen LogP contribution in [0.1, 0.15) is 28.8 Å². The van der Waals surface area contributed by atoms with Gasteiger partial charge < -0.3 is 15.5 Å². The molecule has 1 fully saturated rings. The number of benzene rings is 1. The van der Waals surface area contributed by atoms with Crippen LogP contribution in [0.3, 0.4) is 0 Å². The number of aliphatic carboxylic acids is 1. The quantitative estimate of drug-likeness (QED) is 0.750. The molecule has 0 heterocycles. The van der Waals surface area contributed by atoms with Gasteiger partial charge in [0.05, 0.1) is 11.0 Å². The Morgan fingerprint density at radius 3 is 2.61 bits per heavy atom. The molecule has 1 saturated carbocycles. The molecule has 0 atom stereocenters. The molecule has 1 amide bonds. The van der Waals surface area contributed by atoms with Crippen LogP contribution in [0.25, 0.3) is 0 Å². The minimum absolute atomic E-state index is 0.0988. The van der Waals surface area contributed by atoms with E-state index in [4.69, 9.17) is 5.11 Å². The largest absolute Gasteiger partial charge is 0.507 e. The van der Waals surface area contributed by atoms with E-state index in [0.29, 0.717) is 12.8 Å². The third-order valence-electron chi connectivity index (χ3n) is 3.29. The molecule has 18 heavy (non-hydrogen) atoms. The highest BCUT2D eigenvalue weighted by Gasteiger charge is 2.50. The second-order valence-corrected chi connectivity index (χ2v) is 4.79. The molecule has 5 heteroatoms. The van der Waals surface area contributed by atoms with Crippen molar-refractivity contribution in [1.29, 1.82) is 0 Å². The van der Waals surface area contributed by atoms with Crippen LogP contribution in [0.15, 0.2) is 18.2 Å². The zero-order chi connectivity index (χ0) is 13.3. The number of carboxylic acid groups (broad SMARTS) is 1. The second kappa shape index (κ2) is 4.33. The Balaban J connectivity index is 2.04. The summed E-state index contributed by atoms with van der Waals surface area (Å²) < 4.78 is 0. The minimum atomic E-state index is -0.878. The van der Waals surface area contributed by atoms with Crippen molar-refractivity contribution in [2.75, 3.05) is 6.54 Å². The molecular formula is C13H15NO4. The molecule has 0 aromatic heterocycles. The van der Waals surface area contributed by atoms with E-state index in [1.807, 2.05) is 6.92 Å². The number of amides is 1. The highest BCUT2D eigenvalue weighted by atomic mass is 16.4. The van der Waals surface area contributed by atoms with Crippen molar-refractivity contribution in [3.8, 4) is 5.75 Å². The lowest BCUT2D eigenvalue weighted by molar-refractivity contribution is -0.143. The van der Waals surface area contributed by atoms with Crippen molar-refractivity contribution in [3.05, 3.63) is 29.3 Å². The summed E-state index contributed by atoms with van der Waals surface area (Å²) in [6.45, 7) is 1.92. The Morgan fingerprint density at radius 1 is 1.39 bits per heavy atom. The first-order valence-corrected chi connectivity index (χ1v) is 5.76. The van der Waals surface area contributed by atoms with Crippen molar-refractivity contribution in [2.45, 2.75) is 19.8 Å². The van der Waals surface area contributed by atoms with E-state index in [1.54, 1.807) is 12.1 Å². The third kappa shape index (κ3) is 2.30.